The van der Waals surface area contributed by atoms with Gasteiger partial charge in [0, 0.05) is 22.4 Å². The molecule has 0 saturated heterocycles. The first kappa shape index (κ1) is 14.6. The van der Waals surface area contributed by atoms with Crippen LogP contribution in [0.4, 0.5) is 16.2 Å². The van der Waals surface area contributed by atoms with E-state index in [4.69, 9.17) is 0 Å². The maximum atomic E-state index is 12.4. The van der Waals surface area contributed by atoms with Gasteiger partial charge in [0.1, 0.15) is 0 Å². The summed E-state index contributed by atoms with van der Waals surface area (Å²) in [5.41, 5.74) is 2.81. The Bertz CT molecular complexity index is 613. The average Bonchev–Trinajstić information content (AvgIpc) is 2.39. The number of urea groups is 1. The van der Waals surface area contributed by atoms with Gasteiger partial charge < -0.3 is 5.32 Å². The number of nitrogens with one attached hydrogen (secondary N) is 1. The van der Waals surface area contributed by atoms with Crippen molar-refractivity contribution in [3.8, 4) is 0 Å². The van der Waals surface area contributed by atoms with Crippen LogP contribution < -0.4 is 10.2 Å². The molecule has 2 rings (SSSR count). The SMILES string of the molecule is CCN(C(=O)Nc1cccc(Br)c1)c1cccc(C)c1. The van der Waals surface area contributed by atoms with E-state index in [-0.39, 0.29) is 6.03 Å². The minimum absolute atomic E-state index is 0.129. The number of anilines is 2. The lowest BCUT2D eigenvalue weighted by atomic mass is 10.2. The molecule has 3 nitrogen and oxygen atoms in total. The van der Waals surface area contributed by atoms with Crippen LogP contribution in [0.25, 0.3) is 0 Å². The van der Waals surface area contributed by atoms with Crippen molar-refractivity contribution >= 4 is 33.3 Å². The monoisotopic (exact) mass is 332 g/mol. The Morgan fingerprint density at radius 1 is 1.20 bits per heavy atom. The molecule has 2 amide bonds. The molecule has 0 radical (unpaired) electrons. The first-order chi connectivity index (χ1) is 9.60. The smallest absolute Gasteiger partial charge is 0.308 e. The highest BCUT2D eigenvalue weighted by molar-refractivity contribution is 9.10. The van der Waals surface area contributed by atoms with E-state index in [1.54, 1.807) is 4.90 Å². The molecule has 0 aliphatic heterocycles. The number of hydrogen-bond donors (Lipinski definition) is 1. The van der Waals surface area contributed by atoms with Crippen molar-refractivity contribution in [3.05, 3.63) is 58.6 Å². The third-order valence-corrected chi connectivity index (χ3v) is 3.44. The van der Waals surface area contributed by atoms with Gasteiger partial charge in [-0.25, -0.2) is 4.79 Å². The molecular formula is C16H17BrN2O. The Labute approximate surface area is 127 Å². The lowest BCUT2D eigenvalue weighted by Gasteiger charge is -2.22. The second-order valence-electron chi connectivity index (χ2n) is 4.52. The lowest BCUT2D eigenvalue weighted by molar-refractivity contribution is 0.257. The number of halogens is 1. The molecule has 104 valence electrons. The number of carbonyl (C=O) groups is 1. The van der Waals surface area contributed by atoms with Crippen molar-refractivity contribution in [1.82, 2.24) is 0 Å². The van der Waals surface area contributed by atoms with Crippen LogP contribution in [-0.4, -0.2) is 12.6 Å². The van der Waals surface area contributed by atoms with Crippen molar-refractivity contribution in [2.24, 2.45) is 0 Å². The maximum Gasteiger partial charge on any atom is 0.326 e. The summed E-state index contributed by atoms with van der Waals surface area (Å²) >= 11 is 3.40. The van der Waals surface area contributed by atoms with E-state index in [1.807, 2.05) is 62.4 Å². The zero-order valence-electron chi connectivity index (χ0n) is 11.6. The van der Waals surface area contributed by atoms with Crippen molar-refractivity contribution in [3.63, 3.8) is 0 Å². The molecule has 0 saturated carbocycles. The molecule has 0 aromatic heterocycles. The Morgan fingerprint density at radius 2 is 1.95 bits per heavy atom. The molecule has 2 aromatic rings. The van der Waals surface area contributed by atoms with Gasteiger partial charge in [-0.2, -0.15) is 0 Å². The van der Waals surface area contributed by atoms with Gasteiger partial charge in [0.25, 0.3) is 0 Å². The summed E-state index contributed by atoms with van der Waals surface area (Å²) in [6.07, 6.45) is 0. The molecule has 0 heterocycles. The molecule has 2 aromatic carbocycles. The van der Waals surface area contributed by atoms with Gasteiger partial charge in [-0.05, 0) is 49.7 Å². The van der Waals surface area contributed by atoms with E-state index in [0.717, 1.165) is 21.4 Å². The van der Waals surface area contributed by atoms with Crippen molar-refractivity contribution in [2.75, 3.05) is 16.8 Å². The minimum Gasteiger partial charge on any atom is -0.308 e. The molecule has 0 unspecified atom stereocenters. The van der Waals surface area contributed by atoms with Crippen molar-refractivity contribution in [2.45, 2.75) is 13.8 Å². The summed E-state index contributed by atoms with van der Waals surface area (Å²) in [5.74, 6) is 0. The van der Waals surface area contributed by atoms with E-state index in [0.29, 0.717) is 6.54 Å². The highest BCUT2D eigenvalue weighted by Crippen LogP contribution is 2.19. The summed E-state index contributed by atoms with van der Waals surface area (Å²) in [6.45, 7) is 4.59. The highest BCUT2D eigenvalue weighted by atomic mass is 79.9. The minimum atomic E-state index is -0.129. The lowest BCUT2D eigenvalue weighted by Crippen LogP contribution is -2.34. The Hall–Kier alpha value is -1.81. The standard InChI is InChI=1S/C16H17BrN2O/c1-3-19(15-9-4-6-12(2)10-15)16(20)18-14-8-5-7-13(17)11-14/h4-11H,3H2,1-2H3,(H,18,20). The third-order valence-electron chi connectivity index (χ3n) is 2.95. The van der Waals surface area contributed by atoms with Gasteiger partial charge in [0.15, 0.2) is 0 Å². The summed E-state index contributed by atoms with van der Waals surface area (Å²) in [7, 11) is 0. The second kappa shape index (κ2) is 6.57. The van der Waals surface area contributed by atoms with Crippen LogP contribution in [0.5, 0.6) is 0 Å². The number of aryl methyl sites for hydroxylation is 1. The summed E-state index contributed by atoms with van der Waals surface area (Å²) in [4.78, 5) is 14.1. The average molecular weight is 333 g/mol. The number of carbonyl (C=O) groups excluding carboxylic acids is 1. The summed E-state index contributed by atoms with van der Waals surface area (Å²) in [6, 6.07) is 15.4. The topological polar surface area (TPSA) is 32.3 Å². The number of rotatable bonds is 3. The van der Waals surface area contributed by atoms with Gasteiger partial charge in [-0.1, -0.05) is 34.1 Å². The molecule has 0 atom stereocenters. The van der Waals surface area contributed by atoms with Crippen molar-refractivity contribution < 1.29 is 4.79 Å². The van der Waals surface area contributed by atoms with Gasteiger partial charge >= 0.3 is 6.03 Å². The van der Waals surface area contributed by atoms with Crippen LogP contribution in [0.1, 0.15) is 12.5 Å². The van der Waals surface area contributed by atoms with Crippen LogP contribution in [0, 0.1) is 6.92 Å². The van der Waals surface area contributed by atoms with E-state index in [2.05, 4.69) is 21.2 Å². The quantitative estimate of drug-likeness (QED) is 0.858. The molecule has 0 spiro atoms. The highest BCUT2D eigenvalue weighted by Gasteiger charge is 2.13. The summed E-state index contributed by atoms with van der Waals surface area (Å²) in [5, 5.41) is 2.91. The normalized spacial score (nSPS) is 10.2. The number of hydrogen-bond acceptors (Lipinski definition) is 1. The fraction of sp³-hybridized carbons (Fsp3) is 0.188. The van der Waals surface area contributed by atoms with Crippen LogP contribution in [0.3, 0.4) is 0 Å². The Morgan fingerprint density at radius 3 is 2.60 bits per heavy atom. The first-order valence-corrected chi connectivity index (χ1v) is 7.30. The van der Waals surface area contributed by atoms with Gasteiger partial charge in [-0.3, -0.25) is 4.90 Å². The largest absolute Gasteiger partial charge is 0.326 e. The Balaban J connectivity index is 2.17. The maximum absolute atomic E-state index is 12.4. The van der Waals surface area contributed by atoms with Gasteiger partial charge in [0.05, 0.1) is 0 Å². The van der Waals surface area contributed by atoms with E-state index in [1.165, 1.54) is 0 Å². The van der Waals surface area contributed by atoms with E-state index < -0.39 is 0 Å². The molecule has 1 N–H and O–H groups in total. The number of amides is 2. The Kier molecular flexibility index (Phi) is 4.79. The molecule has 0 fully saturated rings. The van der Waals surface area contributed by atoms with E-state index >= 15 is 0 Å². The number of nitrogens with zero attached hydrogens (tertiary/aromatic N) is 1. The zero-order valence-corrected chi connectivity index (χ0v) is 13.1. The predicted molar refractivity (Wildman–Crippen MR) is 87.4 cm³/mol. The van der Waals surface area contributed by atoms with Crippen LogP contribution in [-0.2, 0) is 0 Å². The molecule has 4 heteroatoms. The summed E-state index contributed by atoms with van der Waals surface area (Å²) < 4.78 is 0.939. The fourth-order valence-corrected chi connectivity index (χ4v) is 2.40. The van der Waals surface area contributed by atoms with Gasteiger partial charge in [-0.15, -0.1) is 0 Å². The molecular weight excluding hydrogens is 316 g/mol. The van der Waals surface area contributed by atoms with Crippen LogP contribution >= 0.6 is 15.9 Å². The third kappa shape index (κ3) is 3.61. The van der Waals surface area contributed by atoms with Crippen LogP contribution in [0.2, 0.25) is 0 Å². The number of benzene rings is 2. The van der Waals surface area contributed by atoms with Gasteiger partial charge in [0.2, 0.25) is 0 Å². The van der Waals surface area contributed by atoms with E-state index in [9.17, 15) is 4.79 Å². The second-order valence-corrected chi connectivity index (χ2v) is 5.44. The fourth-order valence-electron chi connectivity index (χ4n) is 2.00. The van der Waals surface area contributed by atoms with Crippen LogP contribution in [0.15, 0.2) is 53.0 Å². The zero-order chi connectivity index (χ0) is 14.5. The molecule has 0 aliphatic carbocycles. The predicted octanol–water partition coefficient (Wildman–Crippen LogP) is 4.82. The van der Waals surface area contributed by atoms with Crippen molar-refractivity contribution in [1.29, 1.82) is 0 Å². The molecule has 0 aliphatic rings. The first-order valence-electron chi connectivity index (χ1n) is 6.51. The molecule has 20 heavy (non-hydrogen) atoms. The molecule has 0 bridgehead atoms.